The third-order valence-electron chi connectivity index (χ3n) is 8.60. The van der Waals surface area contributed by atoms with E-state index in [0.717, 1.165) is 0 Å². The molecule has 2 bridgehead atoms. The first-order valence-electron chi connectivity index (χ1n) is 12.6. The van der Waals surface area contributed by atoms with Gasteiger partial charge in [0.05, 0.1) is 0 Å². The van der Waals surface area contributed by atoms with Gasteiger partial charge in [-0.1, -0.05) is 74.5 Å². The minimum atomic E-state index is 0.328. The second-order valence-corrected chi connectivity index (χ2v) is 10.9. The van der Waals surface area contributed by atoms with E-state index in [9.17, 15) is 0 Å². The maximum absolute atomic E-state index is 2.52. The Hall–Kier alpha value is -3.32. The van der Waals surface area contributed by atoms with Crippen molar-refractivity contribution in [3.63, 3.8) is 0 Å². The second-order valence-electron chi connectivity index (χ2n) is 10.9. The molecule has 0 heterocycles. The van der Waals surface area contributed by atoms with Crippen LogP contribution in [0.2, 0.25) is 0 Å². The van der Waals surface area contributed by atoms with Crippen LogP contribution in [0.3, 0.4) is 0 Å². The molecule has 1 nitrogen and oxygen atoms in total. The molecule has 4 aromatic carbocycles. The van der Waals surface area contributed by atoms with Crippen molar-refractivity contribution in [1.82, 2.24) is 0 Å². The summed E-state index contributed by atoms with van der Waals surface area (Å²) in [6.07, 6.45) is 5.28. The van der Waals surface area contributed by atoms with E-state index in [-0.39, 0.29) is 0 Å². The number of fused-ring (bicyclic) bond motifs is 2. The van der Waals surface area contributed by atoms with Gasteiger partial charge in [0.2, 0.25) is 0 Å². The average Bonchev–Trinajstić information content (AvgIpc) is 2.88. The van der Waals surface area contributed by atoms with E-state index in [2.05, 4.69) is 123 Å². The first kappa shape index (κ1) is 21.2. The van der Waals surface area contributed by atoms with Gasteiger partial charge in [-0.3, -0.25) is 0 Å². The lowest BCUT2D eigenvalue weighted by Crippen LogP contribution is -2.44. The summed E-state index contributed by atoms with van der Waals surface area (Å²) in [5.41, 5.74) is 11.4. The normalized spacial score (nSPS) is 22.9. The Balaban J connectivity index is 1.49. The van der Waals surface area contributed by atoms with E-state index in [1.54, 1.807) is 11.1 Å². The molecule has 170 valence electrons. The van der Waals surface area contributed by atoms with Crippen molar-refractivity contribution in [1.29, 1.82) is 0 Å². The largest absolute Gasteiger partial charge is 0.310 e. The highest BCUT2D eigenvalue weighted by molar-refractivity contribution is 5.81. The molecule has 0 radical (unpaired) electrons. The van der Waals surface area contributed by atoms with Gasteiger partial charge in [0.15, 0.2) is 0 Å². The molecule has 7 rings (SSSR count). The van der Waals surface area contributed by atoms with Crippen LogP contribution < -0.4 is 4.90 Å². The van der Waals surface area contributed by atoms with Crippen molar-refractivity contribution < 1.29 is 0 Å². The molecule has 0 spiro atoms. The summed E-state index contributed by atoms with van der Waals surface area (Å²) in [6.45, 7) is 7.21. The number of rotatable bonds is 4. The zero-order chi connectivity index (χ0) is 23.3. The molecule has 0 aliphatic heterocycles. The number of anilines is 3. The van der Waals surface area contributed by atoms with Gasteiger partial charge in [0, 0.05) is 17.1 Å². The number of para-hydroxylation sites is 2. The molecule has 34 heavy (non-hydrogen) atoms. The van der Waals surface area contributed by atoms with E-state index in [0.29, 0.717) is 10.8 Å². The molecule has 3 aliphatic rings. The van der Waals surface area contributed by atoms with Gasteiger partial charge < -0.3 is 4.90 Å². The maximum Gasteiger partial charge on any atom is 0.0467 e. The summed E-state index contributed by atoms with van der Waals surface area (Å²) in [6, 6.07) is 35.6. The van der Waals surface area contributed by atoms with Crippen molar-refractivity contribution in [2.45, 2.75) is 57.3 Å². The van der Waals surface area contributed by atoms with E-state index >= 15 is 0 Å². The lowest BCUT2D eigenvalue weighted by molar-refractivity contribution is 0.188. The Kier molecular flexibility index (Phi) is 4.92. The quantitative estimate of drug-likeness (QED) is 0.304. The van der Waals surface area contributed by atoms with E-state index < -0.39 is 0 Å². The minimum Gasteiger partial charge on any atom is -0.310 e. The third kappa shape index (κ3) is 3.38. The monoisotopic (exact) mass is 443 g/mol. The van der Waals surface area contributed by atoms with Crippen molar-refractivity contribution in [2.75, 3.05) is 4.90 Å². The topological polar surface area (TPSA) is 3.24 Å². The zero-order valence-corrected chi connectivity index (χ0v) is 20.5. The number of nitrogens with zero attached hydrogens (tertiary/aromatic N) is 1. The number of hydrogen-bond acceptors (Lipinski definition) is 1. The minimum absolute atomic E-state index is 0.328. The van der Waals surface area contributed by atoms with Gasteiger partial charge in [-0.15, -0.1) is 0 Å². The van der Waals surface area contributed by atoms with E-state index in [1.807, 2.05) is 0 Å². The summed E-state index contributed by atoms with van der Waals surface area (Å²) in [4.78, 5) is 2.35. The molecule has 0 atom stereocenters. The second kappa shape index (κ2) is 7.87. The van der Waals surface area contributed by atoms with Crippen molar-refractivity contribution >= 4 is 17.1 Å². The zero-order valence-electron chi connectivity index (χ0n) is 20.5. The number of benzene rings is 4. The first-order valence-corrected chi connectivity index (χ1v) is 12.6. The van der Waals surface area contributed by atoms with Gasteiger partial charge in [0.1, 0.15) is 0 Å². The van der Waals surface area contributed by atoms with Gasteiger partial charge in [-0.05, 0) is 108 Å². The standard InChI is InChI=1S/C33H33N/c1-24-14-16-28(34(26-10-6-4-7-11-26)27-12-8-5-9-13-27)23-29(24)25-15-17-30-31(22-25)33(3)20-18-32(30,2)19-21-33/h4-17,22-23H,18-21H2,1-3H3. The van der Waals surface area contributed by atoms with Crippen LogP contribution in [0.4, 0.5) is 17.1 Å². The van der Waals surface area contributed by atoms with Crippen LogP contribution in [0.5, 0.6) is 0 Å². The van der Waals surface area contributed by atoms with Crippen molar-refractivity contribution in [2.24, 2.45) is 0 Å². The average molecular weight is 444 g/mol. The Morgan fingerprint density at radius 1 is 0.559 bits per heavy atom. The molecule has 1 heteroatoms. The summed E-state index contributed by atoms with van der Waals surface area (Å²) < 4.78 is 0. The fourth-order valence-electron chi connectivity index (χ4n) is 6.29. The van der Waals surface area contributed by atoms with Crippen LogP contribution in [0.1, 0.15) is 56.2 Å². The summed E-state index contributed by atoms with van der Waals surface area (Å²) in [7, 11) is 0. The Morgan fingerprint density at radius 2 is 1.12 bits per heavy atom. The Morgan fingerprint density at radius 3 is 1.71 bits per heavy atom. The van der Waals surface area contributed by atoms with Crippen LogP contribution in [0.25, 0.3) is 11.1 Å². The van der Waals surface area contributed by atoms with Gasteiger partial charge in [-0.2, -0.15) is 0 Å². The van der Waals surface area contributed by atoms with Crippen LogP contribution in [-0.2, 0) is 10.8 Å². The molecule has 0 unspecified atom stereocenters. The van der Waals surface area contributed by atoms with Crippen molar-refractivity contribution in [3.8, 4) is 11.1 Å². The molecule has 3 aliphatic carbocycles. The molecule has 0 N–H and O–H groups in total. The van der Waals surface area contributed by atoms with Gasteiger partial charge in [-0.25, -0.2) is 0 Å². The Bertz CT molecular complexity index is 1290. The lowest BCUT2D eigenvalue weighted by atomic mass is 9.52. The lowest BCUT2D eigenvalue weighted by Gasteiger charge is -2.52. The summed E-state index contributed by atoms with van der Waals surface area (Å²) in [5, 5.41) is 0. The number of hydrogen-bond donors (Lipinski definition) is 0. The molecule has 0 aromatic heterocycles. The SMILES string of the molecule is Cc1ccc(N(c2ccccc2)c2ccccc2)cc1-c1ccc2c(c1)C1(C)CCC2(C)CC1. The van der Waals surface area contributed by atoms with Crippen LogP contribution in [0.15, 0.2) is 97.1 Å². The third-order valence-corrected chi connectivity index (χ3v) is 8.60. The molecule has 0 saturated heterocycles. The van der Waals surface area contributed by atoms with Crippen LogP contribution in [-0.4, -0.2) is 0 Å². The van der Waals surface area contributed by atoms with Crippen LogP contribution in [0, 0.1) is 6.92 Å². The van der Waals surface area contributed by atoms with Gasteiger partial charge >= 0.3 is 0 Å². The summed E-state index contributed by atoms with van der Waals surface area (Å²) >= 11 is 0. The smallest absolute Gasteiger partial charge is 0.0467 e. The predicted molar refractivity (Wildman–Crippen MR) is 144 cm³/mol. The van der Waals surface area contributed by atoms with Crippen LogP contribution >= 0.6 is 0 Å². The highest BCUT2D eigenvalue weighted by atomic mass is 15.1. The highest BCUT2D eigenvalue weighted by Crippen LogP contribution is 2.56. The van der Waals surface area contributed by atoms with Gasteiger partial charge in [0.25, 0.3) is 0 Å². The number of aryl methyl sites for hydroxylation is 1. The summed E-state index contributed by atoms with van der Waals surface area (Å²) in [5.74, 6) is 0. The fraction of sp³-hybridized carbons (Fsp3) is 0.273. The van der Waals surface area contributed by atoms with E-state index in [1.165, 1.54) is 59.4 Å². The molecule has 1 fully saturated rings. The first-order chi connectivity index (χ1) is 16.5. The highest BCUT2D eigenvalue weighted by Gasteiger charge is 2.47. The molecule has 4 aromatic rings. The molecular formula is C33H33N. The molecule has 0 amide bonds. The maximum atomic E-state index is 2.52. The fourth-order valence-corrected chi connectivity index (χ4v) is 6.29. The predicted octanol–water partition coefficient (Wildman–Crippen LogP) is 9.23. The molecular weight excluding hydrogens is 410 g/mol. The molecule has 1 saturated carbocycles. The van der Waals surface area contributed by atoms with Crippen molar-refractivity contribution in [3.05, 3.63) is 114 Å². The Labute approximate surface area is 204 Å². The van der Waals surface area contributed by atoms with E-state index in [4.69, 9.17) is 0 Å².